The molecule has 0 aromatic carbocycles. The Morgan fingerprint density at radius 2 is 1.50 bits per heavy atom. The van der Waals surface area contributed by atoms with Gasteiger partial charge < -0.3 is 0 Å². The van der Waals surface area contributed by atoms with E-state index in [-0.39, 0.29) is 5.24 Å². The molecule has 0 fully saturated rings. The maximum Gasteiger partial charge on any atom is 0.321 e. The minimum absolute atomic E-state index is 0.347. The van der Waals surface area contributed by atoms with Gasteiger partial charge in [0.05, 0.1) is 0 Å². The molecule has 1 amide bonds. The summed E-state index contributed by atoms with van der Waals surface area (Å²) in [6, 6.07) is 0. The fourth-order valence-electron chi connectivity index (χ4n) is 1.19. The van der Waals surface area contributed by atoms with Crippen LogP contribution in [-0.2, 0) is 0 Å². The Labute approximate surface area is 105 Å². The number of hydrogen-bond acceptors (Lipinski definition) is 1. The van der Waals surface area contributed by atoms with E-state index in [2.05, 4.69) is 26.5 Å². The van der Waals surface area contributed by atoms with Crippen LogP contribution < -0.4 is 0 Å². The predicted molar refractivity (Wildman–Crippen MR) is 72.2 cm³/mol. The molecule has 0 aromatic rings. The lowest BCUT2D eigenvalue weighted by atomic mass is 10.2. The Morgan fingerprint density at radius 1 is 1.06 bits per heavy atom. The summed E-state index contributed by atoms with van der Waals surface area (Å²) in [6.45, 7) is 4.29. The first-order valence-corrected chi connectivity index (χ1v) is 6.45. The molecular weight excluding hydrogens is 218 g/mol. The predicted octanol–water partition coefficient (Wildman–Crippen LogP) is 5.01. The second-order valence-corrected chi connectivity index (χ2v) is 4.08. The summed E-state index contributed by atoms with van der Waals surface area (Å²) in [6.07, 6.45) is 14.2. The molecule has 3 heteroatoms. The van der Waals surface area contributed by atoms with Crippen molar-refractivity contribution in [3.63, 3.8) is 0 Å². The van der Waals surface area contributed by atoms with Crippen LogP contribution in [0.15, 0.2) is 24.6 Å². The van der Waals surface area contributed by atoms with Crippen molar-refractivity contribution in [2.75, 3.05) is 0 Å². The number of allylic oxidation sites excluding steroid dienone is 2. The van der Waals surface area contributed by atoms with Gasteiger partial charge in [0.25, 0.3) is 0 Å². The maximum absolute atomic E-state index is 11.1. The smallest absolute Gasteiger partial charge is 0.282 e. The number of unbranched alkanes of at least 4 members (excludes halogenated alkanes) is 4. The summed E-state index contributed by atoms with van der Waals surface area (Å²) < 4.78 is 0. The van der Waals surface area contributed by atoms with Crippen LogP contribution in [0.25, 0.3) is 0 Å². The van der Waals surface area contributed by atoms with Gasteiger partial charge in [-0.15, -0.1) is 0 Å². The van der Waals surface area contributed by atoms with E-state index in [9.17, 15) is 4.79 Å². The summed E-state index contributed by atoms with van der Waals surface area (Å²) in [7, 11) is 0. The second-order valence-electron chi connectivity index (χ2n) is 3.73. The van der Waals surface area contributed by atoms with Crippen molar-refractivity contribution in [2.45, 2.75) is 52.4 Å². The van der Waals surface area contributed by atoms with E-state index in [0.717, 1.165) is 25.7 Å². The summed E-state index contributed by atoms with van der Waals surface area (Å²) >= 11 is 4.64. The zero-order valence-corrected chi connectivity index (χ0v) is 11.1. The largest absolute Gasteiger partial charge is 0.321 e. The monoisotopic (exact) mass is 240 g/mol. The van der Waals surface area contributed by atoms with Crippen LogP contribution in [0.3, 0.4) is 0 Å². The molecule has 0 unspecified atom stereocenters. The molecule has 2 nitrogen and oxygen atoms in total. The lowest BCUT2D eigenvalue weighted by Gasteiger charge is -2.08. The number of amides is 1. The number of carbonyl (C=O) groups excluding carboxylic acids is 1. The zero-order chi connectivity index (χ0) is 12.2. The molecule has 16 heavy (non-hydrogen) atoms. The van der Waals surface area contributed by atoms with Gasteiger partial charge in [0.2, 0.25) is 0 Å². The average Bonchev–Trinajstić information content (AvgIpc) is 2.26. The molecule has 0 heterocycles. The Hall–Kier alpha value is -0.830. The number of carbonyl (C=O) groups is 1. The third kappa shape index (κ3) is 8.48. The van der Waals surface area contributed by atoms with E-state index in [1.165, 1.54) is 17.7 Å². The summed E-state index contributed by atoms with van der Waals surface area (Å²) in [5, 5.41) is -0.347. The summed E-state index contributed by atoms with van der Waals surface area (Å²) in [4.78, 5) is 12.6. The molecular formula is C13H22NOS. The average molecular weight is 240 g/mol. The summed E-state index contributed by atoms with van der Waals surface area (Å²) in [5.41, 5.74) is 0. The van der Waals surface area contributed by atoms with E-state index < -0.39 is 0 Å². The topological polar surface area (TPSA) is 20.3 Å². The van der Waals surface area contributed by atoms with Crippen molar-refractivity contribution in [3.8, 4) is 0 Å². The first-order chi connectivity index (χ1) is 7.72. The lowest BCUT2D eigenvalue weighted by Crippen LogP contribution is -2.11. The van der Waals surface area contributed by atoms with Crippen LogP contribution in [-0.4, -0.2) is 10.1 Å². The third-order valence-electron chi connectivity index (χ3n) is 2.19. The normalized spacial score (nSPS) is 11.4. The van der Waals surface area contributed by atoms with Crippen LogP contribution in [0.5, 0.6) is 0 Å². The first kappa shape index (κ1) is 15.2. The maximum atomic E-state index is 11.1. The highest BCUT2D eigenvalue weighted by Crippen LogP contribution is 2.04. The van der Waals surface area contributed by atoms with Crippen molar-refractivity contribution in [1.82, 2.24) is 4.90 Å². The highest BCUT2D eigenvalue weighted by Gasteiger charge is 2.01. The minimum atomic E-state index is -0.347. The Kier molecular flexibility index (Phi) is 10.1. The fourth-order valence-corrected chi connectivity index (χ4v) is 1.31. The van der Waals surface area contributed by atoms with Crippen molar-refractivity contribution in [2.24, 2.45) is 0 Å². The van der Waals surface area contributed by atoms with Crippen molar-refractivity contribution >= 4 is 17.9 Å². The highest BCUT2D eigenvalue weighted by molar-refractivity contribution is 7.96. The van der Waals surface area contributed by atoms with Crippen LogP contribution in [0, 0.1) is 0 Å². The SMILES string of the molecule is CCCC/C=C/N(/C=C/CCCC)C(=O)[S]. The van der Waals surface area contributed by atoms with Crippen LogP contribution in [0.1, 0.15) is 52.4 Å². The van der Waals surface area contributed by atoms with Crippen LogP contribution in [0.2, 0.25) is 0 Å². The van der Waals surface area contributed by atoms with Crippen molar-refractivity contribution in [1.29, 1.82) is 0 Å². The second kappa shape index (κ2) is 10.7. The van der Waals surface area contributed by atoms with E-state index in [4.69, 9.17) is 0 Å². The van der Waals surface area contributed by atoms with Crippen molar-refractivity contribution in [3.05, 3.63) is 24.6 Å². The molecule has 91 valence electrons. The number of hydrogen-bond donors (Lipinski definition) is 0. The van der Waals surface area contributed by atoms with Gasteiger partial charge in [0.15, 0.2) is 0 Å². The molecule has 0 atom stereocenters. The molecule has 0 aliphatic rings. The summed E-state index contributed by atoms with van der Waals surface area (Å²) in [5.74, 6) is 0. The Bertz CT molecular complexity index is 218. The zero-order valence-electron chi connectivity index (χ0n) is 10.3. The first-order valence-electron chi connectivity index (χ1n) is 6.05. The van der Waals surface area contributed by atoms with Crippen LogP contribution in [0.4, 0.5) is 4.79 Å². The van der Waals surface area contributed by atoms with Crippen molar-refractivity contribution < 1.29 is 4.79 Å². The lowest BCUT2D eigenvalue weighted by molar-refractivity contribution is 0.249. The molecule has 0 bridgehead atoms. The number of rotatable bonds is 8. The van der Waals surface area contributed by atoms with Gasteiger partial charge in [-0.3, -0.25) is 9.69 Å². The fraction of sp³-hybridized carbons (Fsp3) is 0.615. The van der Waals surface area contributed by atoms with Gasteiger partial charge in [-0.1, -0.05) is 51.7 Å². The Balaban J connectivity index is 4.01. The van der Waals surface area contributed by atoms with E-state index >= 15 is 0 Å². The molecule has 1 radical (unpaired) electrons. The minimum Gasteiger partial charge on any atom is -0.282 e. The number of nitrogens with zero attached hydrogens (tertiary/aromatic N) is 1. The standard InChI is InChI=1S/C13H22NOS/c1-3-5-7-9-11-14(13(15)16)12-10-8-6-4-2/h9-12H,3-8H2,1-2H3/b11-9+,12-10+. The third-order valence-corrected chi connectivity index (χ3v) is 2.40. The molecule has 0 aliphatic heterocycles. The molecule has 0 saturated carbocycles. The van der Waals surface area contributed by atoms with Gasteiger partial charge in [-0.25, -0.2) is 0 Å². The molecule has 0 aromatic heterocycles. The van der Waals surface area contributed by atoms with Gasteiger partial charge in [-0.2, -0.15) is 0 Å². The highest BCUT2D eigenvalue weighted by atomic mass is 32.1. The molecule has 0 saturated heterocycles. The molecule has 0 rings (SSSR count). The molecule has 0 aliphatic carbocycles. The molecule has 0 spiro atoms. The molecule has 0 N–H and O–H groups in total. The van der Waals surface area contributed by atoms with E-state index in [1.54, 1.807) is 12.4 Å². The van der Waals surface area contributed by atoms with Gasteiger partial charge >= 0.3 is 5.24 Å². The quantitative estimate of drug-likeness (QED) is 0.546. The van der Waals surface area contributed by atoms with E-state index in [1.807, 2.05) is 12.2 Å². The van der Waals surface area contributed by atoms with E-state index in [0.29, 0.717) is 0 Å². The van der Waals surface area contributed by atoms with Gasteiger partial charge in [0, 0.05) is 12.4 Å². The van der Waals surface area contributed by atoms with Crippen LogP contribution >= 0.6 is 12.6 Å². The van der Waals surface area contributed by atoms with Gasteiger partial charge in [0.1, 0.15) is 0 Å². The Morgan fingerprint density at radius 3 is 1.81 bits per heavy atom. The van der Waals surface area contributed by atoms with Gasteiger partial charge in [-0.05, 0) is 25.5 Å².